The Kier molecular flexibility index (Phi) is 6.00. The number of benzene rings is 1. The number of nitrogens with one attached hydrogen (secondary N) is 1. The summed E-state index contributed by atoms with van der Waals surface area (Å²) in [5, 5.41) is 2.27. The number of pyridine rings is 1. The number of thioether (sulfide) groups is 1. The third kappa shape index (κ3) is 4.89. The number of anilines is 1. The highest BCUT2D eigenvalue weighted by molar-refractivity contribution is 8.15. The molecule has 1 N–H and O–H groups in total. The van der Waals surface area contributed by atoms with E-state index in [1.165, 1.54) is 0 Å². The topological polar surface area (TPSA) is 71.5 Å². The number of hydrogen-bond donors (Lipinski definition) is 1. The summed E-state index contributed by atoms with van der Waals surface area (Å²) in [7, 11) is 1.94. The van der Waals surface area contributed by atoms with Crippen LogP contribution in [-0.4, -0.2) is 41.6 Å². The van der Waals surface area contributed by atoms with Gasteiger partial charge in [-0.1, -0.05) is 35.5 Å². The van der Waals surface area contributed by atoms with E-state index in [0.29, 0.717) is 24.6 Å². The minimum absolute atomic E-state index is 0.223. The molecule has 1 aliphatic rings. The van der Waals surface area contributed by atoms with E-state index >= 15 is 0 Å². The van der Waals surface area contributed by atoms with Crippen LogP contribution in [0.25, 0.3) is 0 Å². The van der Waals surface area contributed by atoms with E-state index in [1.54, 1.807) is 12.3 Å². The molecule has 8 heteroatoms. The van der Waals surface area contributed by atoms with Crippen LogP contribution in [0.4, 0.5) is 10.6 Å². The number of nitrogens with zero attached hydrogens (tertiary/aromatic N) is 2. The summed E-state index contributed by atoms with van der Waals surface area (Å²) in [6.07, 6.45) is 2.14. The van der Waals surface area contributed by atoms with Crippen LogP contribution >= 0.6 is 23.4 Å². The Morgan fingerprint density at radius 3 is 2.62 bits per heavy atom. The number of imide groups is 1. The van der Waals surface area contributed by atoms with Gasteiger partial charge in [-0.05, 0) is 36.2 Å². The molecule has 0 aliphatic carbocycles. The van der Waals surface area contributed by atoms with Crippen LogP contribution in [0, 0.1) is 0 Å². The van der Waals surface area contributed by atoms with Gasteiger partial charge in [0.05, 0.1) is 16.8 Å². The maximum absolute atomic E-state index is 11.6. The molecule has 1 atom stereocenters. The third-order valence-corrected chi connectivity index (χ3v) is 5.11. The number of rotatable bonds is 7. The van der Waals surface area contributed by atoms with E-state index in [4.69, 9.17) is 16.3 Å². The highest BCUT2D eigenvalue weighted by atomic mass is 35.5. The van der Waals surface area contributed by atoms with Gasteiger partial charge in [0.15, 0.2) is 0 Å². The number of likely N-dealkylation sites (N-methyl/N-ethyl adjacent to an activating group) is 1. The average molecular weight is 392 g/mol. The smallest absolute Gasteiger partial charge is 0.286 e. The van der Waals surface area contributed by atoms with Gasteiger partial charge in [0.25, 0.3) is 5.24 Å². The molecule has 0 bridgehead atoms. The van der Waals surface area contributed by atoms with Crippen LogP contribution in [0.2, 0.25) is 5.02 Å². The molecular weight excluding hydrogens is 374 g/mol. The summed E-state index contributed by atoms with van der Waals surface area (Å²) >= 11 is 6.87. The minimum atomic E-state index is -0.352. The van der Waals surface area contributed by atoms with Crippen molar-refractivity contribution in [3.8, 4) is 5.75 Å². The average Bonchev–Trinajstić information content (AvgIpc) is 2.94. The lowest BCUT2D eigenvalue weighted by Crippen LogP contribution is -2.25. The zero-order valence-corrected chi connectivity index (χ0v) is 15.7. The number of ether oxygens (including phenoxy) is 1. The molecule has 26 heavy (non-hydrogen) atoms. The van der Waals surface area contributed by atoms with E-state index in [9.17, 15) is 9.59 Å². The van der Waals surface area contributed by atoms with Gasteiger partial charge in [-0.25, -0.2) is 4.98 Å². The van der Waals surface area contributed by atoms with Gasteiger partial charge in [0.1, 0.15) is 18.2 Å². The Labute approximate surface area is 160 Å². The fourth-order valence-electron chi connectivity index (χ4n) is 2.47. The number of aromatic nitrogens is 1. The largest absolute Gasteiger partial charge is 0.492 e. The summed E-state index contributed by atoms with van der Waals surface area (Å²) in [4.78, 5) is 29.0. The molecule has 2 amide bonds. The zero-order valence-electron chi connectivity index (χ0n) is 14.1. The number of carbonyl (C=O) groups is 2. The second-order valence-corrected chi connectivity index (χ2v) is 7.45. The molecule has 0 saturated carbocycles. The zero-order chi connectivity index (χ0) is 18.5. The van der Waals surface area contributed by atoms with Crippen molar-refractivity contribution >= 4 is 40.3 Å². The molecule has 0 spiro atoms. The molecule has 0 radical (unpaired) electrons. The number of halogens is 1. The lowest BCUT2D eigenvalue weighted by molar-refractivity contribution is -0.118. The molecule has 1 fully saturated rings. The van der Waals surface area contributed by atoms with Crippen molar-refractivity contribution in [3.05, 3.63) is 53.2 Å². The molecule has 1 aliphatic heterocycles. The normalized spacial score (nSPS) is 16.5. The summed E-state index contributed by atoms with van der Waals surface area (Å²) < 4.78 is 5.75. The maximum atomic E-state index is 11.6. The molecule has 2 heterocycles. The van der Waals surface area contributed by atoms with E-state index in [2.05, 4.69) is 10.3 Å². The minimum Gasteiger partial charge on any atom is -0.492 e. The van der Waals surface area contributed by atoms with E-state index in [0.717, 1.165) is 28.9 Å². The lowest BCUT2D eigenvalue weighted by atomic mass is 10.1. The first kappa shape index (κ1) is 18.5. The maximum Gasteiger partial charge on any atom is 0.286 e. The van der Waals surface area contributed by atoms with Gasteiger partial charge in [-0.15, -0.1) is 0 Å². The molecule has 6 nitrogen and oxygen atoms in total. The molecule has 1 aromatic heterocycles. The van der Waals surface area contributed by atoms with Crippen LogP contribution in [-0.2, 0) is 11.2 Å². The standard InChI is InChI=1S/C18H18ClN3O3S/c1-22(16-7-4-13(19)11-20-16)8-9-25-14-5-2-12(3-6-14)10-15-17(23)21-18(24)26-15/h2-7,11,15H,8-10H2,1H3,(H,21,23,24). The van der Waals surface area contributed by atoms with Gasteiger partial charge >= 0.3 is 0 Å². The Morgan fingerprint density at radius 1 is 1.23 bits per heavy atom. The van der Waals surface area contributed by atoms with Crippen LogP contribution in [0.3, 0.4) is 0 Å². The molecule has 136 valence electrons. The first-order valence-electron chi connectivity index (χ1n) is 8.07. The van der Waals surface area contributed by atoms with Crippen LogP contribution in [0.15, 0.2) is 42.6 Å². The van der Waals surface area contributed by atoms with E-state index in [-0.39, 0.29) is 16.4 Å². The van der Waals surface area contributed by atoms with Crippen molar-refractivity contribution in [1.82, 2.24) is 10.3 Å². The van der Waals surface area contributed by atoms with Gasteiger partial charge in [-0.2, -0.15) is 0 Å². The van der Waals surface area contributed by atoms with Crippen molar-refractivity contribution in [2.24, 2.45) is 0 Å². The monoisotopic (exact) mass is 391 g/mol. The van der Waals surface area contributed by atoms with Gasteiger partial charge in [0, 0.05) is 13.2 Å². The molecule has 3 rings (SSSR count). The molecule has 1 unspecified atom stereocenters. The predicted molar refractivity (Wildman–Crippen MR) is 103 cm³/mol. The number of hydrogen-bond acceptors (Lipinski definition) is 6. The SMILES string of the molecule is CN(CCOc1ccc(CC2SC(=O)NC2=O)cc1)c1ccc(Cl)cn1. The van der Waals surface area contributed by atoms with Crippen molar-refractivity contribution < 1.29 is 14.3 Å². The first-order valence-corrected chi connectivity index (χ1v) is 9.33. The highest BCUT2D eigenvalue weighted by Crippen LogP contribution is 2.24. The Morgan fingerprint density at radius 2 is 2.00 bits per heavy atom. The highest BCUT2D eigenvalue weighted by Gasteiger charge is 2.31. The third-order valence-electron chi connectivity index (χ3n) is 3.91. The quantitative estimate of drug-likeness (QED) is 0.781. The van der Waals surface area contributed by atoms with Gasteiger partial charge in [0.2, 0.25) is 5.91 Å². The van der Waals surface area contributed by atoms with Crippen molar-refractivity contribution in [3.63, 3.8) is 0 Å². The van der Waals surface area contributed by atoms with Crippen LogP contribution in [0.1, 0.15) is 5.56 Å². The molecule has 1 aromatic carbocycles. The summed E-state index contributed by atoms with van der Waals surface area (Å²) in [6.45, 7) is 1.19. The van der Waals surface area contributed by atoms with Crippen molar-refractivity contribution in [2.45, 2.75) is 11.7 Å². The predicted octanol–water partition coefficient (Wildman–Crippen LogP) is 3.14. The molecule has 2 aromatic rings. The first-order chi connectivity index (χ1) is 12.5. The van der Waals surface area contributed by atoms with E-state index in [1.807, 2.05) is 42.3 Å². The lowest BCUT2D eigenvalue weighted by Gasteiger charge is -2.18. The Bertz CT molecular complexity index is 783. The summed E-state index contributed by atoms with van der Waals surface area (Å²) in [5.41, 5.74) is 0.988. The Balaban J connectivity index is 1.46. The number of amides is 2. The molecule has 1 saturated heterocycles. The van der Waals surface area contributed by atoms with Crippen LogP contribution < -0.4 is 15.0 Å². The second-order valence-electron chi connectivity index (χ2n) is 5.84. The van der Waals surface area contributed by atoms with Gasteiger partial charge in [-0.3, -0.25) is 14.9 Å². The van der Waals surface area contributed by atoms with Crippen molar-refractivity contribution in [2.75, 3.05) is 25.1 Å². The van der Waals surface area contributed by atoms with Gasteiger partial charge < -0.3 is 9.64 Å². The summed E-state index contributed by atoms with van der Waals surface area (Å²) in [6, 6.07) is 11.2. The fourth-order valence-corrected chi connectivity index (χ4v) is 3.44. The summed E-state index contributed by atoms with van der Waals surface area (Å²) in [5.74, 6) is 1.36. The molecular formula is C18H18ClN3O3S. The number of carbonyl (C=O) groups excluding carboxylic acids is 2. The van der Waals surface area contributed by atoms with Crippen LogP contribution in [0.5, 0.6) is 5.75 Å². The van der Waals surface area contributed by atoms with E-state index < -0.39 is 0 Å². The Hall–Kier alpha value is -2.25. The fraction of sp³-hybridized carbons (Fsp3) is 0.278. The second kappa shape index (κ2) is 8.42. The van der Waals surface area contributed by atoms with Crippen molar-refractivity contribution in [1.29, 1.82) is 0 Å².